The topological polar surface area (TPSA) is 95.6 Å². The lowest BCUT2D eigenvalue weighted by molar-refractivity contribution is -0.114. The van der Waals surface area contributed by atoms with E-state index in [-0.39, 0.29) is 28.6 Å². The zero-order valence-electron chi connectivity index (χ0n) is 19.1. The summed E-state index contributed by atoms with van der Waals surface area (Å²) in [5.41, 5.74) is 2.65. The molecule has 0 aliphatic carbocycles. The largest absolute Gasteiger partial charge is 0.349 e. The standard InChI is InChI=1S/C26H27N3O4S/c1-4-16-27-26(31)22-12-8-9-13-23(22)28-25(30)18-29(24-15-14-19(2)17-20(24)3)34(32,33)21-10-6-5-7-11-21/h4-15,17H,1,16,18H2,2-3H3,(H,27,31)(H,28,30). The molecule has 0 saturated carbocycles. The first-order chi connectivity index (χ1) is 16.2. The van der Waals surface area contributed by atoms with Gasteiger partial charge in [0.1, 0.15) is 6.54 Å². The Bertz CT molecular complexity index is 1300. The van der Waals surface area contributed by atoms with Crippen molar-refractivity contribution in [3.05, 3.63) is 102 Å². The Morgan fingerprint density at radius 2 is 1.65 bits per heavy atom. The monoisotopic (exact) mass is 477 g/mol. The molecule has 7 nitrogen and oxygen atoms in total. The van der Waals surface area contributed by atoms with Gasteiger partial charge in [0.15, 0.2) is 0 Å². The normalized spacial score (nSPS) is 10.9. The predicted octanol–water partition coefficient (Wildman–Crippen LogP) is 4.05. The number of carbonyl (C=O) groups is 2. The molecule has 0 unspecified atom stereocenters. The van der Waals surface area contributed by atoms with Crippen LogP contribution in [0.5, 0.6) is 0 Å². The van der Waals surface area contributed by atoms with Gasteiger partial charge in [-0.3, -0.25) is 13.9 Å². The Kier molecular flexibility index (Phi) is 7.86. The molecule has 8 heteroatoms. The summed E-state index contributed by atoms with van der Waals surface area (Å²) in [7, 11) is -4.03. The first-order valence-corrected chi connectivity index (χ1v) is 12.1. The predicted molar refractivity (Wildman–Crippen MR) is 134 cm³/mol. The van der Waals surface area contributed by atoms with Gasteiger partial charge in [-0.15, -0.1) is 6.58 Å². The Balaban J connectivity index is 1.95. The van der Waals surface area contributed by atoms with Crippen molar-refractivity contribution in [1.82, 2.24) is 5.32 Å². The van der Waals surface area contributed by atoms with Crippen LogP contribution in [0.1, 0.15) is 21.5 Å². The average molecular weight is 478 g/mol. The van der Waals surface area contributed by atoms with Crippen molar-refractivity contribution < 1.29 is 18.0 Å². The van der Waals surface area contributed by atoms with Crippen LogP contribution < -0.4 is 14.9 Å². The van der Waals surface area contributed by atoms with Crippen LogP contribution in [0.25, 0.3) is 0 Å². The van der Waals surface area contributed by atoms with Gasteiger partial charge in [-0.25, -0.2) is 8.42 Å². The number of benzene rings is 3. The first-order valence-electron chi connectivity index (χ1n) is 10.7. The first kappa shape index (κ1) is 24.7. The van der Waals surface area contributed by atoms with Crippen LogP contribution in [0.4, 0.5) is 11.4 Å². The molecule has 0 aliphatic rings. The Morgan fingerprint density at radius 1 is 0.971 bits per heavy atom. The molecule has 3 aromatic rings. The van der Waals surface area contributed by atoms with Crippen molar-refractivity contribution in [3.8, 4) is 0 Å². The number of amides is 2. The van der Waals surface area contributed by atoms with E-state index in [2.05, 4.69) is 17.2 Å². The van der Waals surface area contributed by atoms with E-state index in [1.807, 2.05) is 13.0 Å². The van der Waals surface area contributed by atoms with Crippen LogP contribution in [0, 0.1) is 13.8 Å². The summed E-state index contributed by atoms with van der Waals surface area (Å²) >= 11 is 0. The molecular formula is C26H27N3O4S. The molecule has 0 saturated heterocycles. The molecule has 0 aliphatic heterocycles. The van der Waals surface area contributed by atoms with Crippen molar-refractivity contribution in [1.29, 1.82) is 0 Å². The number of sulfonamides is 1. The number of nitrogens with one attached hydrogen (secondary N) is 2. The van der Waals surface area contributed by atoms with Crippen molar-refractivity contribution >= 4 is 33.2 Å². The van der Waals surface area contributed by atoms with Crippen molar-refractivity contribution in [2.24, 2.45) is 0 Å². The highest BCUT2D eigenvalue weighted by Crippen LogP contribution is 2.28. The molecule has 0 atom stereocenters. The van der Waals surface area contributed by atoms with E-state index in [0.29, 0.717) is 5.69 Å². The van der Waals surface area contributed by atoms with Crippen LogP contribution in [-0.2, 0) is 14.8 Å². The lowest BCUT2D eigenvalue weighted by atomic mass is 10.1. The van der Waals surface area contributed by atoms with Gasteiger partial charge in [-0.1, -0.05) is 54.1 Å². The van der Waals surface area contributed by atoms with Crippen LogP contribution >= 0.6 is 0 Å². The fourth-order valence-electron chi connectivity index (χ4n) is 3.47. The van der Waals surface area contributed by atoms with Gasteiger partial charge in [-0.2, -0.15) is 0 Å². The van der Waals surface area contributed by atoms with E-state index in [1.54, 1.807) is 67.6 Å². The number of rotatable bonds is 9. The minimum absolute atomic E-state index is 0.0759. The SMILES string of the molecule is C=CCNC(=O)c1ccccc1NC(=O)CN(c1ccc(C)cc1C)S(=O)(=O)c1ccccc1. The number of para-hydroxylation sites is 1. The number of hydrogen-bond donors (Lipinski definition) is 2. The molecule has 3 aromatic carbocycles. The fraction of sp³-hybridized carbons (Fsp3) is 0.154. The number of aryl methyl sites for hydroxylation is 2. The smallest absolute Gasteiger partial charge is 0.264 e. The molecule has 0 radical (unpaired) electrons. The highest BCUT2D eigenvalue weighted by Gasteiger charge is 2.28. The van der Waals surface area contributed by atoms with Crippen LogP contribution in [0.3, 0.4) is 0 Å². The maximum Gasteiger partial charge on any atom is 0.264 e. The second-order valence-corrected chi connectivity index (χ2v) is 9.57. The lowest BCUT2D eigenvalue weighted by Gasteiger charge is -2.26. The van der Waals surface area contributed by atoms with Gasteiger partial charge in [0, 0.05) is 6.54 Å². The third-order valence-electron chi connectivity index (χ3n) is 5.09. The van der Waals surface area contributed by atoms with E-state index in [4.69, 9.17) is 0 Å². The van der Waals surface area contributed by atoms with E-state index in [1.165, 1.54) is 12.1 Å². The second kappa shape index (κ2) is 10.8. The fourth-order valence-corrected chi connectivity index (χ4v) is 4.98. The zero-order chi connectivity index (χ0) is 24.7. The second-order valence-electron chi connectivity index (χ2n) is 7.71. The quantitative estimate of drug-likeness (QED) is 0.455. The van der Waals surface area contributed by atoms with Crippen molar-refractivity contribution in [2.75, 3.05) is 22.7 Å². The third kappa shape index (κ3) is 5.71. The molecule has 176 valence electrons. The molecule has 0 bridgehead atoms. The summed E-state index contributed by atoms with van der Waals surface area (Å²) in [6.45, 7) is 7.09. The number of nitrogens with zero attached hydrogens (tertiary/aromatic N) is 1. The van der Waals surface area contributed by atoms with Crippen LogP contribution in [0.15, 0.2) is 90.3 Å². The van der Waals surface area contributed by atoms with Gasteiger partial charge in [0.25, 0.3) is 15.9 Å². The number of hydrogen-bond acceptors (Lipinski definition) is 4. The molecule has 2 amide bonds. The zero-order valence-corrected chi connectivity index (χ0v) is 19.9. The van der Waals surface area contributed by atoms with Gasteiger partial charge in [0.05, 0.1) is 21.8 Å². The highest BCUT2D eigenvalue weighted by atomic mass is 32.2. The molecule has 34 heavy (non-hydrogen) atoms. The van der Waals surface area contributed by atoms with Crippen LogP contribution in [-0.4, -0.2) is 33.3 Å². The number of anilines is 2. The molecule has 3 rings (SSSR count). The third-order valence-corrected chi connectivity index (χ3v) is 6.87. The summed E-state index contributed by atoms with van der Waals surface area (Å²) in [6.07, 6.45) is 1.55. The van der Waals surface area contributed by atoms with Crippen molar-refractivity contribution in [2.45, 2.75) is 18.7 Å². The Morgan fingerprint density at radius 3 is 2.32 bits per heavy atom. The molecule has 0 fully saturated rings. The molecule has 0 spiro atoms. The van der Waals surface area contributed by atoms with Gasteiger partial charge in [-0.05, 0) is 49.7 Å². The molecule has 2 N–H and O–H groups in total. The minimum atomic E-state index is -4.03. The van der Waals surface area contributed by atoms with Gasteiger partial charge < -0.3 is 10.6 Å². The van der Waals surface area contributed by atoms with E-state index < -0.39 is 22.5 Å². The molecule has 0 heterocycles. The van der Waals surface area contributed by atoms with Gasteiger partial charge in [0.2, 0.25) is 5.91 Å². The summed E-state index contributed by atoms with van der Waals surface area (Å²) < 4.78 is 28.1. The van der Waals surface area contributed by atoms with E-state index >= 15 is 0 Å². The summed E-state index contributed by atoms with van der Waals surface area (Å²) in [6, 6.07) is 19.8. The van der Waals surface area contributed by atoms with Crippen LogP contribution in [0.2, 0.25) is 0 Å². The van der Waals surface area contributed by atoms with Gasteiger partial charge >= 0.3 is 0 Å². The minimum Gasteiger partial charge on any atom is -0.349 e. The Labute approximate surface area is 200 Å². The summed E-state index contributed by atoms with van der Waals surface area (Å²) in [5, 5.41) is 5.36. The Hall–Kier alpha value is -3.91. The number of carbonyl (C=O) groups excluding carboxylic acids is 2. The summed E-state index contributed by atoms with van der Waals surface area (Å²) in [5.74, 6) is -0.956. The molecule has 0 aromatic heterocycles. The van der Waals surface area contributed by atoms with E-state index in [9.17, 15) is 18.0 Å². The average Bonchev–Trinajstić information content (AvgIpc) is 2.82. The molecular weight excluding hydrogens is 450 g/mol. The maximum atomic E-state index is 13.5. The van der Waals surface area contributed by atoms with E-state index in [0.717, 1.165) is 15.4 Å². The summed E-state index contributed by atoms with van der Waals surface area (Å²) in [4.78, 5) is 25.6. The highest BCUT2D eigenvalue weighted by molar-refractivity contribution is 7.92. The lowest BCUT2D eigenvalue weighted by Crippen LogP contribution is -2.39. The van der Waals surface area contributed by atoms with Crippen molar-refractivity contribution in [3.63, 3.8) is 0 Å². The maximum absolute atomic E-state index is 13.5.